The largest absolute Gasteiger partial charge is 0.481 e. The first-order valence-corrected chi connectivity index (χ1v) is 18.1. The first-order chi connectivity index (χ1) is 14.9. The molecule has 33 heavy (non-hydrogen) atoms. The highest BCUT2D eigenvalue weighted by molar-refractivity contribution is 6.74. The van der Waals surface area contributed by atoms with Gasteiger partial charge in [-0.15, -0.1) is 0 Å². The minimum absolute atomic E-state index is 0.0384. The van der Waals surface area contributed by atoms with Gasteiger partial charge in [0.1, 0.15) is 5.78 Å². The third-order valence-electron chi connectivity index (χ3n) is 8.85. The second-order valence-electron chi connectivity index (χ2n) is 13.2. The quantitative estimate of drug-likeness (QED) is 0.439. The SMILES string of the molecule is COc1ccc2c(n1)C[C@@H]1CC(=O)C[C@@]2(CO[Si](C)(C)C(C)(C)C)[C@@H]1O[Si](C)(C)C(C)(C)C. The Morgan fingerprint density at radius 2 is 1.61 bits per heavy atom. The fourth-order valence-corrected chi connectivity index (χ4v) is 7.15. The predicted molar refractivity (Wildman–Crippen MR) is 139 cm³/mol. The van der Waals surface area contributed by atoms with Crippen LogP contribution in [-0.4, -0.2) is 47.2 Å². The van der Waals surface area contributed by atoms with E-state index in [0.717, 1.165) is 17.7 Å². The molecule has 3 rings (SSSR count). The Kier molecular flexibility index (Phi) is 6.90. The topological polar surface area (TPSA) is 57.7 Å². The van der Waals surface area contributed by atoms with Crippen LogP contribution in [0.25, 0.3) is 0 Å². The van der Waals surface area contributed by atoms with Crippen molar-refractivity contribution in [3.05, 3.63) is 23.4 Å². The maximum atomic E-state index is 13.1. The van der Waals surface area contributed by atoms with Gasteiger partial charge in [0.05, 0.1) is 18.6 Å². The van der Waals surface area contributed by atoms with Crippen LogP contribution in [-0.2, 0) is 25.5 Å². The van der Waals surface area contributed by atoms with Crippen molar-refractivity contribution in [3.8, 4) is 5.88 Å². The molecule has 5 nitrogen and oxygen atoms in total. The lowest BCUT2D eigenvalue weighted by molar-refractivity contribution is -0.131. The van der Waals surface area contributed by atoms with Gasteiger partial charge in [0.15, 0.2) is 16.6 Å². The zero-order valence-corrected chi connectivity index (χ0v) is 24.7. The van der Waals surface area contributed by atoms with Gasteiger partial charge < -0.3 is 13.6 Å². The summed E-state index contributed by atoms with van der Waals surface area (Å²) in [6, 6.07) is 4.04. The van der Waals surface area contributed by atoms with E-state index in [9.17, 15) is 4.79 Å². The third kappa shape index (κ3) is 4.88. The van der Waals surface area contributed by atoms with E-state index in [1.165, 1.54) is 0 Å². The minimum Gasteiger partial charge on any atom is -0.481 e. The van der Waals surface area contributed by atoms with Crippen molar-refractivity contribution < 1.29 is 18.4 Å². The maximum Gasteiger partial charge on any atom is 0.213 e. The van der Waals surface area contributed by atoms with E-state index in [2.05, 4.69) is 73.8 Å². The van der Waals surface area contributed by atoms with E-state index in [1.807, 2.05) is 6.07 Å². The molecule has 2 aliphatic rings. The Morgan fingerprint density at radius 3 is 2.15 bits per heavy atom. The molecule has 0 saturated heterocycles. The third-order valence-corrected chi connectivity index (χ3v) is 17.8. The van der Waals surface area contributed by atoms with Gasteiger partial charge in [0, 0.05) is 31.2 Å². The molecular weight excluding hydrogens is 446 g/mol. The standard InChI is InChI=1S/C26H45NO4Si2/c1-24(2,3)32(8,9)30-17-26-16-19(28)14-18(23(26)31-33(10,11)25(4,5)6)15-21-20(26)12-13-22(27-21)29-7/h12-13,18,23H,14-17H2,1-11H3/t18-,23+,26-/m0/s1. The summed E-state index contributed by atoms with van der Waals surface area (Å²) in [5.74, 6) is 1.06. The van der Waals surface area contributed by atoms with Gasteiger partial charge in [-0.1, -0.05) is 47.6 Å². The number of hydrogen-bond acceptors (Lipinski definition) is 5. The molecule has 0 radical (unpaired) electrons. The molecule has 2 bridgehead atoms. The number of methoxy groups -OCH3 is 1. The highest BCUT2D eigenvalue weighted by Gasteiger charge is 2.58. The van der Waals surface area contributed by atoms with Crippen molar-refractivity contribution in [2.75, 3.05) is 13.7 Å². The van der Waals surface area contributed by atoms with Crippen molar-refractivity contribution >= 4 is 22.4 Å². The van der Waals surface area contributed by atoms with E-state index in [1.54, 1.807) is 7.11 Å². The molecule has 1 aromatic heterocycles. The highest BCUT2D eigenvalue weighted by Crippen LogP contribution is 2.52. The van der Waals surface area contributed by atoms with Gasteiger partial charge in [-0.3, -0.25) is 4.79 Å². The van der Waals surface area contributed by atoms with E-state index in [4.69, 9.17) is 18.6 Å². The summed E-state index contributed by atoms with van der Waals surface area (Å²) in [4.78, 5) is 17.9. The van der Waals surface area contributed by atoms with Crippen LogP contribution in [0.1, 0.15) is 65.6 Å². The smallest absolute Gasteiger partial charge is 0.213 e. The number of fused-ring (bicyclic) bond motifs is 4. The lowest BCUT2D eigenvalue weighted by Crippen LogP contribution is -2.62. The first kappa shape index (κ1) is 26.6. The lowest BCUT2D eigenvalue weighted by atomic mass is 9.58. The second-order valence-corrected chi connectivity index (χ2v) is 22.8. The van der Waals surface area contributed by atoms with Crippen LogP contribution in [0.5, 0.6) is 5.88 Å². The van der Waals surface area contributed by atoms with Crippen molar-refractivity contribution in [2.45, 2.75) is 109 Å². The summed E-state index contributed by atoms with van der Waals surface area (Å²) >= 11 is 0. The Hall–Kier alpha value is -1.03. The summed E-state index contributed by atoms with van der Waals surface area (Å²) in [7, 11) is -2.46. The van der Waals surface area contributed by atoms with E-state index in [0.29, 0.717) is 31.1 Å². The number of carbonyl (C=O) groups excluding carboxylic acids is 1. The monoisotopic (exact) mass is 491 g/mol. The van der Waals surface area contributed by atoms with Crippen LogP contribution in [0.3, 0.4) is 0 Å². The first-order valence-electron chi connectivity index (χ1n) is 12.3. The zero-order chi connectivity index (χ0) is 25.0. The van der Waals surface area contributed by atoms with Gasteiger partial charge in [0.25, 0.3) is 0 Å². The van der Waals surface area contributed by atoms with Crippen LogP contribution >= 0.6 is 0 Å². The Morgan fingerprint density at radius 1 is 1.00 bits per heavy atom. The molecule has 1 heterocycles. The molecule has 0 aromatic carbocycles. The molecule has 0 unspecified atom stereocenters. The second kappa shape index (κ2) is 8.57. The molecule has 2 aliphatic carbocycles. The fourth-order valence-electron chi connectivity index (χ4n) is 4.70. The van der Waals surface area contributed by atoms with Crippen LogP contribution in [0, 0.1) is 5.92 Å². The fraction of sp³-hybridized carbons (Fsp3) is 0.769. The summed E-state index contributed by atoms with van der Waals surface area (Å²) in [5, 5.41) is 0.179. The Bertz CT molecular complexity index is 901. The highest BCUT2D eigenvalue weighted by atomic mass is 28.4. The van der Waals surface area contributed by atoms with E-state index in [-0.39, 0.29) is 22.1 Å². The summed E-state index contributed by atoms with van der Waals surface area (Å²) in [6.45, 7) is 23.3. The van der Waals surface area contributed by atoms with Crippen LogP contribution in [0.2, 0.25) is 36.3 Å². The number of pyridine rings is 1. The number of carbonyl (C=O) groups is 1. The van der Waals surface area contributed by atoms with Gasteiger partial charge in [-0.05, 0) is 54.2 Å². The molecule has 0 N–H and O–H groups in total. The van der Waals surface area contributed by atoms with Gasteiger partial charge in [-0.2, -0.15) is 0 Å². The number of ketones is 1. The van der Waals surface area contributed by atoms with E-state index < -0.39 is 22.0 Å². The number of Topliss-reactive ketones (excluding diaryl/α,β-unsaturated/α-hetero) is 1. The molecule has 0 amide bonds. The van der Waals surface area contributed by atoms with Crippen molar-refractivity contribution in [3.63, 3.8) is 0 Å². The molecule has 186 valence electrons. The Labute approximate surface area is 203 Å². The molecule has 1 aromatic rings. The molecular formula is C26H45NO4Si2. The number of ether oxygens (including phenoxy) is 1. The number of nitrogens with zero attached hydrogens (tertiary/aromatic N) is 1. The molecule has 1 fully saturated rings. The minimum atomic E-state index is -2.08. The summed E-state index contributed by atoms with van der Waals surface area (Å²) < 4.78 is 19.5. The van der Waals surface area contributed by atoms with Gasteiger partial charge >= 0.3 is 0 Å². The maximum absolute atomic E-state index is 13.1. The zero-order valence-electron chi connectivity index (χ0n) is 22.7. The lowest BCUT2D eigenvalue weighted by Gasteiger charge is -2.55. The van der Waals surface area contributed by atoms with Crippen LogP contribution < -0.4 is 4.74 Å². The van der Waals surface area contributed by atoms with Crippen molar-refractivity contribution in [1.82, 2.24) is 4.98 Å². The number of hydrogen-bond donors (Lipinski definition) is 0. The van der Waals surface area contributed by atoms with Gasteiger partial charge in [0.2, 0.25) is 5.88 Å². The number of rotatable bonds is 6. The van der Waals surface area contributed by atoms with Crippen molar-refractivity contribution in [2.24, 2.45) is 5.92 Å². The summed E-state index contributed by atoms with van der Waals surface area (Å²) in [5.41, 5.74) is 1.66. The number of aromatic nitrogens is 1. The summed E-state index contributed by atoms with van der Waals surface area (Å²) in [6.07, 6.45) is 1.72. The van der Waals surface area contributed by atoms with Crippen LogP contribution in [0.4, 0.5) is 0 Å². The van der Waals surface area contributed by atoms with Crippen molar-refractivity contribution in [1.29, 1.82) is 0 Å². The molecule has 3 atom stereocenters. The molecule has 1 saturated carbocycles. The van der Waals surface area contributed by atoms with Crippen LogP contribution in [0.15, 0.2) is 12.1 Å². The Balaban J connectivity index is 2.14. The molecule has 0 spiro atoms. The predicted octanol–water partition coefficient (Wildman–Crippen LogP) is 6.28. The average Bonchev–Trinajstić information content (AvgIpc) is 2.65. The molecule has 0 aliphatic heterocycles. The normalized spacial score (nSPS) is 26.2. The molecule has 7 heteroatoms. The van der Waals surface area contributed by atoms with E-state index >= 15 is 0 Å². The average molecular weight is 492 g/mol. The van der Waals surface area contributed by atoms with Gasteiger partial charge in [-0.25, -0.2) is 4.98 Å².